The van der Waals surface area contributed by atoms with Crippen molar-refractivity contribution in [1.82, 2.24) is 4.98 Å². The lowest BCUT2D eigenvalue weighted by molar-refractivity contribution is 0.0527. The summed E-state index contributed by atoms with van der Waals surface area (Å²) in [6.07, 6.45) is 3.33. The van der Waals surface area contributed by atoms with Crippen LogP contribution in [0.3, 0.4) is 0 Å². The van der Waals surface area contributed by atoms with Gasteiger partial charge in [0.15, 0.2) is 0 Å². The van der Waals surface area contributed by atoms with Crippen molar-refractivity contribution < 1.29 is 9.53 Å². The number of ether oxygens (including phenoxy) is 1. The topological polar surface area (TPSA) is 77.2 Å². The molecule has 0 fully saturated rings. The predicted octanol–water partition coefficient (Wildman–Crippen LogP) is 2.58. The number of benzene rings is 1. The molecule has 1 aromatic heterocycles. The summed E-state index contributed by atoms with van der Waals surface area (Å²) in [5.74, 6) is -0.402. The molecule has 2 rings (SSSR count). The summed E-state index contributed by atoms with van der Waals surface area (Å²) in [4.78, 5) is 15.9. The highest BCUT2D eigenvalue weighted by Crippen LogP contribution is 2.27. The molecule has 3 N–H and O–H groups in total. The van der Waals surface area contributed by atoms with Crippen molar-refractivity contribution in [1.29, 1.82) is 0 Å². The number of hydrogen-bond donors (Lipinski definition) is 2. The van der Waals surface area contributed by atoms with Gasteiger partial charge in [-0.1, -0.05) is 6.07 Å². The van der Waals surface area contributed by atoms with E-state index in [1.807, 2.05) is 6.07 Å². The van der Waals surface area contributed by atoms with Crippen molar-refractivity contribution in [2.45, 2.75) is 6.92 Å². The summed E-state index contributed by atoms with van der Waals surface area (Å²) in [6, 6.07) is 8.75. The van der Waals surface area contributed by atoms with Gasteiger partial charge in [0, 0.05) is 6.20 Å². The van der Waals surface area contributed by atoms with Gasteiger partial charge in [0.25, 0.3) is 0 Å². The fourth-order valence-electron chi connectivity index (χ4n) is 1.67. The largest absolute Gasteiger partial charge is 0.462 e. The summed E-state index contributed by atoms with van der Waals surface area (Å²) >= 11 is 0. The average Bonchev–Trinajstić information content (AvgIpc) is 2.42. The van der Waals surface area contributed by atoms with Gasteiger partial charge >= 0.3 is 5.97 Å². The zero-order chi connectivity index (χ0) is 13.7. The number of carbonyl (C=O) groups is 1. The Morgan fingerprint density at radius 2 is 2.21 bits per heavy atom. The number of carbonyl (C=O) groups excluding carboxylic acids is 1. The van der Waals surface area contributed by atoms with E-state index in [0.29, 0.717) is 23.5 Å². The molecule has 0 aliphatic carbocycles. The first-order valence-electron chi connectivity index (χ1n) is 5.95. The van der Waals surface area contributed by atoms with E-state index < -0.39 is 5.97 Å². The van der Waals surface area contributed by atoms with Crippen LogP contribution in [0, 0.1) is 0 Å². The minimum Gasteiger partial charge on any atom is -0.462 e. The maximum atomic E-state index is 11.9. The van der Waals surface area contributed by atoms with E-state index in [0.717, 1.165) is 5.69 Å². The lowest BCUT2D eigenvalue weighted by Gasteiger charge is -2.13. The molecule has 98 valence electrons. The van der Waals surface area contributed by atoms with E-state index in [1.54, 1.807) is 43.6 Å². The SMILES string of the molecule is CCOC(=O)c1cccc(N)c1Nc1cccnc1. The zero-order valence-corrected chi connectivity index (χ0v) is 10.6. The number of pyridine rings is 1. The van der Waals surface area contributed by atoms with Gasteiger partial charge in [-0.15, -0.1) is 0 Å². The number of nitrogens with two attached hydrogens (primary N) is 1. The number of esters is 1. The number of hydrogen-bond acceptors (Lipinski definition) is 5. The van der Waals surface area contributed by atoms with Crippen LogP contribution >= 0.6 is 0 Å². The first-order valence-corrected chi connectivity index (χ1v) is 5.95. The van der Waals surface area contributed by atoms with Gasteiger partial charge < -0.3 is 15.8 Å². The second kappa shape index (κ2) is 5.86. The normalized spacial score (nSPS) is 9.95. The van der Waals surface area contributed by atoms with Gasteiger partial charge in [-0.2, -0.15) is 0 Å². The van der Waals surface area contributed by atoms with Crippen molar-refractivity contribution in [3.8, 4) is 0 Å². The van der Waals surface area contributed by atoms with Crippen molar-refractivity contribution >= 4 is 23.0 Å². The molecule has 5 heteroatoms. The molecule has 0 unspecified atom stereocenters. The lowest BCUT2D eigenvalue weighted by Crippen LogP contribution is -2.09. The third-order valence-corrected chi connectivity index (χ3v) is 2.52. The van der Waals surface area contributed by atoms with Gasteiger partial charge in [-0.3, -0.25) is 4.98 Å². The number of nitrogen functional groups attached to an aromatic ring is 1. The van der Waals surface area contributed by atoms with Crippen LogP contribution < -0.4 is 11.1 Å². The molecule has 19 heavy (non-hydrogen) atoms. The Bertz CT molecular complexity index is 570. The third kappa shape index (κ3) is 3.01. The van der Waals surface area contributed by atoms with Crippen LogP contribution in [0.4, 0.5) is 17.1 Å². The van der Waals surface area contributed by atoms with Crippen molar-refractivity contribution in [2.24, 2.45) is 0 Å². The van der Waals surface area contributed by atoms with E-state index in [9.17, 15) is 4.79 Å². The Morgan fingerprint density at radius 1 is 1.37 bits per heavy atom. The maximum absolute atomic E-state index is 11.9. The summed E-state index contributed by atoms with van der Waals surface area (Å²) in [6.45, 7) is 2.08. The Balaban J connectivity index is 2.36. The maximum Gasteiger partial charge on any atom is 0.340 e. The fourth-order valence-corrected chi connectivity index (χ4v) is 1.67. The molecule has 1 heterocycles. The molecule has 0 aliphatic heterocycles. The summed E-state index contributed by atoms with van der Waals surface area (Å²) in [7, 11) is 0. The smallest absolute Gasteiger partial charge is 0.340 e. The molecule has 2 aromatic rings. The molecule has 0 amide bonds. The quantitative estimate of drug-likeness (QED) is 0.650. The Labute approximate surface area is 111 Å². The van der Waals surface area contributed by atoms with Crippen LogP contribution in [-0.4, -0.2) is 17.6 Å². The van der Waals surface area contributed by atoms with E-state index in [2.05, 4.69) is 10.3 Å². The number of para-hydroxylation sites is 1. The van der Waals surface area contributed by atoms with Gasteiger partial charge in [-0.25, -0.2) is 4.79 Å². The molecule has 5 nitrogen and oxygen atoms in total. The van der Waals surface area contributed by atoms with Gasteiger partial charge in [-0.05, 0) is 31.2 Å². The molecule has 0 bridgehead atoms. The van der Waals surface area contributed by atoms with Crippen LogP contribution in [0.15, 0.2) is 42.7 Å². The minimum atomic E-state index is -0.402. The van der Waals surface area contributed by atoms with Crippen molar-refractivity contribution in [2.75, 3.05) is 17.7 Å². The monoisotopic (exact) mass is 257 g/mol. The lowest BCUT2D eigenvalue weighted by atomic mass is 10.1. The highest BCUT2D eigenvalue weighted by Gasteiger charge is 2.14. The molecular weight excluding hydrogens is 242 g/mol. The fraction of sp³-hybridized carbons (Fsp3) is 0.143. The molecular formula is C14H15N3O2. The third-order valence-electron chi connectivity index (χ3n) is 2.52. The molecule has 0 atom stereocenters. The van der Waals surface area contributed by atoms with Crippen molar-refractivity contribution in [3.05, 3.63) is 48.3 Å². The summed E-state index contributed by atoms with van der Waals surface area (Å²) < 4.78 is 5.01. The van der Waals surface area contributed by atoms with E-state index in [-0.39, 0.29) is 0 Å². The highest BCUT2D eigenvalue weighted by atomic mass is 16.5. The van der Waals surface area contributed by atoms with Gasteiger partial charge in [0.2, 0.25) is 0 Å². The number of nitrogens with one attached hydrogen (secondary N) is 1. The van der Waals surface area contributed by atoms with E-state index in [4.69, 9.17) is 10.5 Å². The molecule has 0 spiro atoms. The Hall–Kier alpha value is -2.56. The van der Waals surface area contributed by atoms with Crippen LogP contribution in [-0.2, 0) is 4.74 Å². The summed E-state index contributed by atoms with van der Waals surface area (Å²) in [5.41, 5.74) is 8.09. The van der Waals surface area contributed by atoms with Crippen LogP contribution in [0.25, 0.3) is 0 Å². The first kappa shape index (κ1) is 12.9. The molecule has 0 saturated heterocycles. The average molecular weight is 257 g/mol. The number of aromatic nitrogens is 1. The second-order valence-electron chi connectivity index (χ2n) is 3.86. The zero-order valence-electron chi connectivity index (χ0n) is 10.6. The molecule has 0 aliphatic rings. The van der Waals surface area contributed by atoms with Gasteiger partial charge in [0.1, 0.15) is 0 Å². The Morgan fingerprint density at radius 3 is 2.89 bits per heavy atom. The molecule has 0 saturated carbocycles. The number of anilines is 3. The standard InChI is InChI=1S/C14H15N3O2/c1-2-19-14(18)11-6-3-7-12(15)13(11)17-10-5-4-8-16-9-10/h3-9,17H,2,15H2,1H3. The minimum absolute atomic E-state index is 0.319. The Kier molecular flexibility index (Phi) is 3.97. The first-order chi connectivity index (χ1) is 9.22. The van der Waals surface area contributed by atoms with Crippen LogP contribution in [0.5, 0.6) is 0 Å². The van der Waals surface area contributed by atoms with Gasteiger partial charge in [0.05, 0.1) is 35.4 Å². The highest BCUT2D eigenvalue weighted by molar-refractivity contribution is 5.99. The molecule has 0 radical (unpaired) electrons. The van der Waals surface area contributed by atoms with E-state index in [1.165, 1.54) is 0 Å². The molecule has 1 aromatic carbocycles. The summed E-state index contributed by atoms with van der Waals surface area (Å²) in [5, 5.41) is 3.09. The van der Waals surface area contributed by atoms with Crippen LogP contribution in [0.1, 0.15) is 17.3 Å². The number of nitrogens with zero attached hydrogens (tertiary/aromatic N) is 1. The predicted molar refractivity (Wildman–Crippen MR) is 74.3 cm³/mol. The van der Waals surface area contributed by atoms with Crippen LogP contribution in [0.2, 0.25) is 0 Å². The van der Waals surface area contributed by atoms with E-state index >= 15 is 0 Å². The second-order valence-corrected chi connectivity index (χ2v) is 3.86. The van der Waals surface area contributed by atoms with Crippen molar-refractivity contribution in [3.63, 3.8) is 0 Å². The number of rotatable bonds is 4.